The van der Waals surface area contributed by atoms with Crippen molar-refractivity contribution < 1.29 is 18.0 Å². The second-order valence-electron chi connectivity index (χ2n) is 4.87. The zero-order chi connectivity index (χ0) is 14.8. The van der Waals surface area contributed by atoms with Gasteiger partial charge in [-0.25, -0.2) is 4.98 Å². The molecule has 2 rings (SSSR count). The van der Waals surface area contributed by atoms with Gasteiger partial charge in [0.15, 0.2) is 5.15 Å². The molecule has 1 aliphatic rings. The maximum atomic E-state index is 13.0. The number of halogens is 4. The highest BCUT2D eigenvalue weighted by Crippen LogP contribution is 2.42. The van der Waals surface area contributed by atoms with Gasteiger partial charge >= 0.3 is 6.18 Å². The molecule has 0 aromatic carbocycles. The Bertz CT molecular complexity index is 493. The second-order valence-corrected chi connectivity index (χ2v) is 5.23. The molecule has 0 aliphatic heterocycles. The number of aromatic nitrogens is 1. The summed E-state index contributed by atoms with van der Waals surface area (Å²) < 4.78 is 38.9. The molecule has 1 saturated carbocycles. The predicted octanol–water partition coefficient (Wildman–Crippen LogP) is 4.04. The normalized spacial score (nSPS) is 23.4. The van der Waals surface area contributed by atoms with Crippen molar-refractivity contribution in [2.75, 3.05) is 5.32 Å². The maximum Gasteiger partial charge on any atom is 0.392 e. The fourth-order valence-corrected chi connectivity index (χ4v) is 2.71. The molecule has 20 heavy (non-hydrogen) atoms. The van der Waals surface area contributed by atoms with E-state index in [4.69, 9.17) is 11.6 Å². The third-order valence-electron chi connectivity index (χ3n) is 3.54. The van der Waals surface area contributed by atoms with E-state index in [-0.39, 0.29) is 23.7 Å². The highest BCUT2D eigenvalue weighted by molar-refractivity contribution is 6.32. The van der Waals surface area contributed by atoms with E-state index < -0.39 is 23.9 Å². The SMILES string of the molecule is O=C(Nc1cccnc1Cl)C1CCCCC1C(F)(F)F. The van der Waals surface area contributed by atoms with Crippen molar-refractivity contribution in [3.05, 3.63) is 23.5 Å². The second kappa shape index (κ2) is 5.99. The fourth-order valence-electron chi connectivity index (χ4n) is 2.54. The van der Waals surface area contributed by atoms with Gasteiger partial charge in [0.05, 0.1) is 11.6 Å². The van der Waals surface area contributed by atoms with Gasteiger partial charge in [-0.05, 0) is 25.0 Å². The van der Waals surface area contributed by atoms with Crippen molar-refractivity contribution in [2.24, 2.45) is 11.8 Å². The summed E-state index contributed by atoms with van der Waals surface area (Å²) in [6.07, 6.45) is -1.53. The first-order valence-corrected chi connectivity index (χ1v) is 6.75. The molecule has 2 unspecified atom stereocenters. The highest BCUT2D eigenvalue weighted by Gasteiger charge is 2.48. The van der Waals surface area contributed by atoms with E-state index in [0.717, 1.165) is 0 Å². The van der Waals surface area contributed by atoms with Crippen molar-refractivity contribution in [3.63, 3.8) is 0 Å². The van der Waals surface area contributed by atoms with Crippen LogP contribution in [0.5, 0.6) is 0 Å². The molecule has 1 aromatic heterocycles. The van der Waals surface area contributed by atoms with Crippen LogP contribution in [0.4, 0.5) is 18.9 Å². The van der Waals surface area contributed by atoms with Gasteiger partial charge in [0.25, 0.3) is 0 Å². The summed E-state index contributed by atoms with van der Waals surface area (Å²) in [5, 5.41) is 2.52. The zero-order valence-electron chi connectivity index (χ0n) is 10.6. The van der Waals surface area contributed by atoms with Gasteiger partial charge in [0, 0.05) is 12.1 Å². The molecule has 0 saturated heterocycles. The minimum absolute atomic E-state index is 0.00234. The van der Waals surface area contributed by atoms with Crippen molar-refractivity contribution in [2.45, 2.75) is 31.9 Å². The number of carbonyl (C=O) groups excluding carboxylic acids is 1. The molecule has 1 aromatic rings. The first-order valence-electron chi connectivity index (χ1n) is 6.37. The minimum atomic E-state index is -4.35. The van der Waals surface area contributed by atoms with Crippen LogP contribution in [-0.4, -0.2) is 17.1 Å². The molecular formula is C13H14ClF3N2O. The van der Waals surface area contributed by atoms with Crippen molar-refractivity contribution in [1.82, 2.24) is 4.98 Å². The van der Waals surface area contributed by atoms with Gasteiger partial charge in [-0.3, -0.25) is 4.79 Å². The van der Waals surface area contributed by atoms with Crippen molar-refractivity contribution >= 4 is 23.2 Å². The molecule has 1 amide bonds. The molecule has 0 bridgehead atoms. The molecule has 7 heteroatoms. The lowest BCUT2D eigenvalue weighted by Crippen LogP contribution is -2.39. The van der Waals surface area contributed by atoms with Crippen LogP contribution >= 0.6 is 11.6 Å². The zero-order valence-corrected chi connectivity index (χ0v) is 11.3. The van der Waals surface area contributed by atoms with E-state index in [1.165, 1.54) is 12.3 Å². The van der Waals surface area contributed by atoms with E-state index in [1.54, 1.807) is 6.07 Å². The number of hydrogen-bond donors (Lipinski definition) is 1. The standard InChI is InChI=1S/C13H14ClF3N2O/c14-11-10(6-3-7-18-11)19-12(20)8-4-1-2-5-9(8)13(15,16)17/h3,6-9H,1-2,4-5H2,(H,19,20). The first kappa shape index (κ1) is 15.1. The van der Waals surface area contributed by atoms with Crippen LogP contribution < -0.4 is 5.32 Å². The molecule has 110 valence electrons. The Morgan fingerprint density at radius 2 is 2.05 bits per heavy atom. The van der Waals surface area contributed by atoms with Gasteiger partial charge < -0.3 is 5.32 Å². The van der Waals surface area contributed by atoms with E-state index in [9.17, 15) is 18.0 Å². The van der Waals surface area contributed by atoms with Crippen LogP contribution in [0.25, 0.3) is 0 Å². The van der Waals surface area contributed by atoms with Crippen LogP contribution in [0.2, 0.25) is 5.15 Å². The number of hydrogen-bond acceptors (Lipinski definition) is 2. The lowest BCUT2D eigenvalue weighted by Gasteiger charge is -2.32. The smallest absolute Gasteiger partial charge is 0.323 e. The van der Waals surface area contributed by atoms with Crippen LogP contribution in [0.1, 0.15) is 25.7 Å². The van der Waals surface area contributed by atoms with Crippen molar-refractivity contribution in [1.29, 1.82) is 0 Å². The summed E-state index contributed by atoms with van der Waals surface area (Å²) in [5.74, 6) is -3.27. The largest absolute Gasteiger partial charge is 0.392 e. The number of rotatable bonds is 2. The van der Waals surface area contributed by atoms with Crippen LogP contribution in [0, 0.1) is 11.8 Å². The van der Waals surface area contributed by atoms with Gasteiger partial charge in [0.2, 0.25) is 5.91 Å². The maximum absolute atomic E-state index is 13.0. The number of anilines is 1. The van der Waals surface area contributed by atoms with Crippen LogP contribution in [-0.2, 0) is 4.79 Å². The first-order chi connectivity index (χ1) is 9.39. The van der Waals surface area contributed by atoms with E-state index in [0.29, 0.717) is 12.8 Å². The average molecular weight is 307 g/mol. The average Bonchev–Trinajstić information content (AvgIpc) is 2.40. The Morgan fingerprint density at radius 1 is 1.35 bits per heavy atom. The summed E-state index contributed by atoms with van der Waals surface area (Å²) in [7, 11) is 0. The lowest BCUT2D eigenvalue weighted by atomic mass is 9.78. The molecule has 1 heterocycles. The van der Waals surface area contributed by atoms with Gasteiger partial charge in [-0.1, -0.05) is 24.4 Å². The molecule has 1 aliphatic carbocycles. The Morgan fingerprint density at radius 3 is 2.70 bits per heavy atom. The predicted molar refractivity (Wildman–Crippen MR) is 69.4 cm³/mol. The quantitative estimate of drug-likeness (QED) is 0.838. The van der Waals surface area contributed by atoms with Gasteiger partial charge in [-0.2, -0.15) is 13.2 Å². The topological polar surface area (TPSA) is 42.0 Å². The summed E-state index contributed by atoms with van der Waals surface area (Å²) in [6.45, 7) is 0. The summed E-state index contributed by atoms with van der Waals surface area (Å²) in [5.41, 5.74) is 0.241. The number of nitrogens with one attached hydrogen (secondary N) is 1. The Kier molecular flexibility index (Phi) is 4.52. The molecule has 3 nitrogen and oxygen atoms in total. The molecular weight excluding hydrogens is 293 g/mol. The Balaban J connectivity index is 2.13. The van der Waals surface area contributed by atoms with E-state index in [1.807, 2.05) is 0 Å². The summed E-state index contributed by atoms with van der Waals surface area (Å²) >= 11 is 5.79. The third kappa shape index (κ3) is 3.42. The lowest BCUT2D eigenvalue weighted by molar-refractivity contribution is -0.197. The molecule has 1 fully saturated rings. The Hall–Kier alpha value is -1.30. The number of amides is 1. The highest BCUT2D eigenvalue weighted by atomic mass is 35.5. The molecule has 1 N–H and O–H groups in total. The fraction of sp³-hybridized carbons (Fsp3) is 0.538. The van der Waals surface area contributed by atoms with Gasteiger partial charge in [-0.15, -0.1) is 0 Å². The number of carbonyl (C=O) groups is 1. The molecule has 2 atom stereocenters. The number of nitrogens with zero attached hydrogens (tertiary/aromatic N) is 1. The molecule has 0 radical (unpaired) electrons. The van der Waals surface area contributed by atoms with Crippen LogP contribution in [0.15, 0.2) is 18.3 Å². The monoisotopic (exact) mass is 306 g/mol. The summed E-state index contributed by atoms with van der Waals surface area (Å²) in [6, 6.07) is 3.07. The molecule has 0 spiro atoms. The van der Waals surface area contributed by atoms with Crippen LogP contribution in [0.3, 0.4) is 0 Å². The Labute approximate surface area is 119 Å². The third-order valence-corrected chi connectivity index (χ3v) is 3.84. The summed E-state index contributed by atoms with van der Waals surface area (Å²) in [4.78, 5) is 15.9. The van der Waals surface area contributed by atoms with E-state index >= 15 is 0 Å². The minimum Gasteiger partial charge on any atom is -0.323 e. The number of alkyl halides is 3. The van der Waals surface area contributed by atoms with Gasteiger partial charge in [0.1, 0.15) is 0 Å². The van der Waals surface area contributed by atoms with E-state index in [2.05, 4.69) is 10.3 Å². The van der Waals surface area contributed by atoms with Crippen molar-refractivity contribution in [3.8, 4) is 0 Å². The number of pyridine rings is 1.